The molecule has 0 radical (unpaired) electrons. The van der Waals surface area contributed by atoms with E-state index >= 15 is 0 Å². The number of hydrogen-bond acceptors (Lipinski definition) is 5. The summed E-state index contributed by atoms with van der Waals surface area (Å²) in [5.74, 6) is 0.467. The number of alkyl halides is 1. The molecule has 0 spiro atoms. The van der Waals surface area contributed by atoms with Gasteiger partial charge in [0.15, 0.2) is 0 Å². The molecule has 2 aromatic rings. The highest BCUT2D eigenvalue weighted by Crippen LogP contribution is 2.27. The first-order valence-corrected chi connectivity index (χ1v) is 7.34. The molecule has 1 fully saturated rings. The van der Waals surface area contributed by atoms with Gasteiger partial charge in [-0.1, -0.05) is 11.6 Å². The number of hydrogen-bond donors (Lipinski definition) is 2. The van der Waals surface area contributed by atoms with Gasteiger partial charge in [-0.2, -0.15) is 4.98 Å². The third-order valence-corrected chi connectivity index (χ3v) is 4.05. The maximum Gasteiger partial charge on any atom is 0.407 e. The van der Waals surface area contributed by atoms with Crippen LogP contribution in [0, 0.1) is 0 Å². The van der Waals surface area contributed by atoms with Gasteiger partial charge in [0, 0.05) is 12.7 Å². The quantitative estimate of drug-likeness (QED) is 0.884. The van der Waals surface area contributed by atoms with Gasteiger partial charge in [-0.3, -0.25) is 0 Å². The van der Waals surface area contributed by atoms with Crippen molar-refractivity contribution in [2.75, 3.05) is 25.5 Å². The van der Waals surface area contributed by atoms with Gasteiger partial charge >= 0.3 is 6.09 Å². The molecule has 1 aliphatic rings. The van der Waals surface area contributed by atoms with E-state index in [1.165, 1.54) is 11.6 Å². The van der Waals surface area contributed by atoms with Crippen molar-refractivity contribution >= 4 is 29.2 Å². The second-order valence-corrected chi connectivity index (χ2v) is 5.59. The smallest absolute Gasteiger partial charge is 0.407 e. The van der Waals surface area contributed by atoms with E-state index in [1.54, 1.807) is 12.3 Å². The molecule has 10 heteroatoms. The van der Waals surface area contributed by atoms with Crippen LogP contribution in [-0.2, 0) is 0 Å². The average molecular weight is 344 g/mol. The van der Waals surface area contributed by atoms with Crippen LogP contribution in [0.5, 0.6) is 5.88 Å². The highest BCUT2D eigenvalue weighted by atomic mass is 35.5. The Morgan fingerprint density at radius 2 is 2.39 bits per heavy atom. The average Bonchev–Trinajstić information content (AvgIpc) is 2.90. The Morgan fingerprint density at radius 3 is 3.04 bits per heavy atom. The Balaban J connectivity index is 1.80. The van der Waals surface area contributed by atoms with Crippen LogP contribution in [0.3, 0.4) is 0 Å². The molecule has 0 saturated carbocycles. The molecule has 0 aliphatic carbocycles. The molecule has 23 heavy (non-hydrogen) atoms. The van der Waals surface area contributed by atoms with Crippen LogP contribution in [-0.4, -0.2) is 63.1 Å². The normalized spacial score (nSPS) is 21.4. The fourth-order valence-electron chi connectivity index (χ4n) is 2.57. The van der Waals surface area contributed by atoms with Gasteiger partial charge in [-0.05, 0) is 12.5 Å². The van der Waals surface area contributed by atoms with Crippen molar-refractivity contribution in [3.05, 3.63) is 17.3 Å². The Bertz CT molecular complexity index is 740. The maximum absolute atomic E-state index is 14.2. The Labute approximate surface area is 135 Å². The number of ether oxygens (including phenoxy) is 1. The standard InChI is InChI=1S/C13H15ClFN5O3/c1-23-11-10-7(14)2-5-20(10)18-12(17-11)16-9-3-4-19(13(21)22)6-8(9)15/h2,5,8-9H,3-4,6H2,1H3,(H,16,18)(H,21,22)/t8-,9+/m1/s1. The summed E-state index contributed by atoms with van der Waals surface area (Å²) in [5, 5.41) is 16.5. The molecule has 3 heterocycles. The number of fused-ring (bicyclic) bond motifs is 1. The lowest BCUT2D eigenvalue weighted by atomic mass is 10.0. The summed E-state index contributed by atoms with van der Waals surface area (Å²) >= 11 is 6.05. The summed E-state index contributed by atoms with van der Waals surface area (Å²) in [6.45, 7) is 0.0733. The number of nitrogens with zero attached hydrogens (tertiary/aromatic N) is 4. The lowest BCUT2D eigenvalue weighted by Gasteiger charge is -2.33. The van der Waals surface area contributed by atoms with Crippen molar-refractivity contribution in [2.45, 2.75) is 18.6 Å². The minimum Gasteiger partial charge on any atom is -0.479 e. The predicted octanol–water partition coefficient (Wildman–Crippen LogP) is 1.89. The molecule has 1 aliphatic heterocycles. The number of aromatic nitrogens is 3. The Kier molecular flexibility index (Phi) is 4.12. The summed E-state index contributed by atoms with van der Waals surface area (Å²) < 4.78 is 20.9. The van der Waals surface area contributed by atoms with Gasteiger partial charge < -0.3 is 20.1 Å². The van der Waals surface area contributed by atoms with E-state index in [2.05, 4.69) is 15.4 Å². The maximum atomic E-state index is 14.2. The van der Waals surface area contributed by atoms with Gasteiger partial charge in [0.25, 0.3) is 0 Å². The van der Waals surface area contributed by atoms with E-state index in [4.69, 9.17) is 21.4 Å². The third-order valence-electron chi connectivity index (χ3n) is 3.75. The number of carbonyl (C=O) groups is 1. The number of halogens is 2. The molecule has 1 amide bonds. The summed E-state index contributed by atoms with van der Waals surface area (Å²) in [7, 11) is 1.46. The zero-order valence-corrected chi connectivity index (χ0v) is 13.0. The predicted molar refractivity (Wildman–Crippen MR) is 81.1 cm³/mol. The van der Waals surface area contributed by atoms with Crippen LogP contribution in [0.1, 0.15) is 6.42 Å². The van der Waals surface area contributed by atoms with Crippen molar-refractivity contribution in [1.29, 1.82) is 0 Å². The summed E-state index contributed by atoms with van der Waals surface area (Å²) in [4.78, 5) is 16.1. The zero-order valence-electron chi connectivity index (χ0n) is 12.2. The van der Waals surface area contributed by atoms with Crippen molar-refractivity contribution in [1.82, 2.24) is 19.5 Å². The van der Waals surface area contributed by atoms with Crippen LogP contribution >= 0.6 is 11.6 Å². The van der Waals surface area contributed by atoms with Crippen molar-refractivity contribution in [3.63, 3.8) is 0 Å². The van der Waals surface area contributed by atoms with Crippen molar-refractivity contribution in [2.24, 2.45) is 0 Å². The van der Waals surface area contributed by atoms with E-state index < -0.39 is 18.3 Å². The number of rotatable bonds is 3. The van der Waals surface area contributed by atoms with Crippen LogP contribution in [0.25, 0.3) is 5.52 Å². The molecule has 1 saturated heterocycles. The van der Waals surface area contributed by atoms with Gasteiger partial charge in [-0.25, -0.2) is 13.7 Å². The number of likely N-dealkylation sites (tertiary alicyclic amines) is 1. The molecular weight excluding hydrogens is 329 g/mol. The van der Waals surface area contributed by atoms with Crippen LogP contribution < -0.4 is 10.1 Å². The molecule has 0 unspecified atom stereocenters. The number of carboxylic acid groups (broad SMARTS) is 1. The number of piperidine rings is 1. The first-order valence-electron chi connectivity index (χ1n) is 6.97. The number of anilines is 1. The van der Waals surface area contributed by atoms with E-state index in [9.17, 15) is 9.18 Å². The Hall–Kier alpha value is -2.29. The molecule has 0 bridgehead atoms. The first kappa shape index (κ1) is 15.6. The minimum atomic E-state index is -1.35. The molecule has 8 nitrogen and oxygen atoms in total. The summed E-state index contributed by atoms with van der Waals surface area (Å²) in [6.07, 6.45) is -0.498. The first-order chi connectivity index (χ1) is 11.0. The molecule has 2 N–H and O–H groups in total. The van der Waals surface area contributed by atoms with Gasteiger partial charge in [0.1, 0.15) is 11.7 Å². The second-order valence-electron chi connectivity index (χ2n) is 5.19. The largest absolute Gasteiger partial charge is 0.479 e. The second kappa shape index (κ2) is 6.07. The fourth-order valence-corrected chi connectivity index (χ4v) is 2.79. The lowest BCUT2D eigenvalue weighted by Crippen LogP contribution is -2.49. The van der Waals surface area contributed by atoms with E-state index in [1.807, 2.05) is 0 Å². The highest BCUT2D eigenvalue weighted by molar-refractivity contribution is 6.34. The molecule has 2 aromatic heterocycles. The van der Waals surface area contributed by atoms with Crippen molar-refractivity contribution < 1.29 is 19.0 Å². The van der Waals surface area contributed by atoms with Crippen LogP contribution in [0.2, 0.25) is 5.02 Å². The van der Waals surface area contributed by atoms with Gasteiger partial charge in [-0.15, -0.1) is 5.10 Å². The SMILES string of the molecule is COc1nc(N[C@H]2CCN(C(=O)O)C[C@H]2F)nn2ccc(Cl)c12. The van der Waals surface area contributed by atoms with Gasteiger partial charge in [0.2, 0.25) is 11.8 Å². The molecular formula is C13H15ClFN5O3. The number of methoxy groups -OCH3 is 1. The highest BCUT2D eigenvalue weighted by Gasteiger charge is 2.32. The third kappa shape index (κ3) is 2.96. The molecule has 2 atom stereocenters. The lowest BCUT2D eigenvalue weighted by molar-refractivity contribution is 0.101. The molecule has 124 valence electrons. The van der Waals surface area contributed by atoms with E-state index in [0.717, 1.165) is 4.90 Å². The molecule has 3 rings (SSSR count). The number of amides is 1. The fraction of sp³-hybridized carbons (Fsp3) is 0.462. The van der Waals surface area contributed by atoms with Crippen molar-refractivity contribution in [3.8, 4) is 5.88 Å². The number of nitrogens with one attached hydrogen (secondary N) is 1. The summed E-state index contributed by atoms with van der Waals surface area (Å²) in [6, 6.07) is 1.08. The van der Waals surface area contributed by atoms with E-state index in [-0.39, 0.29) is 24.9 Å². The molecule has 0 aromatic carbocycles. The van der Waals surface area contributed by atoms with Gasteiger partial charge in [0.05, 0.1) is 24.7 Å². The minimum absolute atomic E-state index is 0.179. The summed E-state index contributed by atoms with van der Waals surface area (Å²) in [5.41, 5.74) is 0.525. The monoisotopic (exact) mass is 343 g/mol. The van der Waals surface area contributed by atoms with Crippen LogP contribution in [0.15, 0.2) is 12.3 Å². The zero-order chi connectivity index (χ0) is 16.6. The van der Waals surface area contributed by atoms with Crippen LogP contribution in [0.4, 0.5) is 15.1 Å². The topological polar surface area (TPSA) is 92.0 Å². The Morgan fingerprint density at radius 1 is 1.61 bits per heavy atom. The van der Waals surface area contributed by atoms with E-state index in [0.29, 0.717) is 17.0 Å².